The summed E-state index contributed by atoms with van der Waals surface area (Å²) in [6, 6.07) is 0.293. The Bertz CT molecular complexity index is 634. The van der Waals surface area contributed by atoms with E-state index in [0.717, 1.165) is 31.8 Å². The van der Waals surface area contributed by atoms with Crippen LogP contribution in [-0.4, -0.2) is 84.5 Å². The highest BCUT2D eigenvalue weighted by molar-refractivity contribution is 5.80. The summed E-state index contributed by atoms with van der Waals surface area (Å²) in [6.07, 6.45) is 2.22. The predicted octanol–water partition coefficient (Wildman–Crippen LogP) is 2.56. The van der Waals surface area contributed by atoms with E-state index in [0.29, 0.717) is 19.6 Å². The highest BCUT2D eigenvalue weighted by Gasteiger charge is 2.35. The molecule has 0 aromatic rings. The van der Waals surface area contributed by atoms with E-state index in [1.165, 1.54) is 0 Å². The third kappa shape index (κ3) is 8.28. The number of aliphatic imine (C=N–C) groups is 1. The van der Waals surface area contributed by atoms with Gasteiger partial charge in [-0.1, -0.05) is 0 Å². The Morgan fingerprint density at radius 1 is 1.07 bits per heavy atom. The number of guanidine groups is 1. The fraction of sp³-hybridized carbons (Fsp3) is 0.857. The molecule has 1 saturated carbocycles. The van der Waals surface area contributed by atoms with E-state index >= 15 is 0 Å². The van der Waals surface area contributed by atoms with Gasteiger partial charge in [0.1, 0.15) is 11.2 Å². The molecule has 0 aromatic heterocycles. The van der Waals surface area contributed by atoms with Crippen LogP contribution in [0, 0.1) is 0 Å². The van der Waals surface area contributed by atoms with Crippen LogP contribution in [0.2, 0.25) is 0 Å². The second-order valence-electron chi connectivity index (χ2n) is 9.96. The summed E-state index contributed by atoms with van der Waals surface area (Å²) in [5, 5.41) is 6.26. The van der Waals surface area contributed by atoms with Crippen molar-refractivity contribution in [1.82, 2.24) is 20.4 Å². The Morgan fingerprint density at radius 2 is 1.70 bits per heavy atom. The summed E-state index contributed by atoms with van der Waals surface area (Å²) in [4.78, 5) is 32.7. The van der Waals surface area contributed by atoms with Crippen LogP contribution >= 0.6 is 0 Å². The van der Waals surface area contributed by atoms with Crippen molar-refractivity contribution in [2.75, 3.05) is 33.2 Å². The molecule has 9 nitrogen and oxygen atoms in total. The highest BCUT2D eigenvalue weighted by atomic mass is 16.6. The molecule has 172 valence electrons. The maximum atomic E-state index is 12.5. The Morgan fingerprint density at radius 3 is 2.23 bits per heavy atom. The van der Waals surface area contributed by atoms with Gasteiger partial charge in [0.15, 0.2) is 5.96 Å². The van der Waals surface area contributed by atoms with Crippen LogP contribution < -0.4 is 10.6 Å². The lowest BCUT2D eigenvalue weighted by Crippen LogP contribution is -2.47. The maximum absolute atomic E-state index is 12.5. The largest absolute Gasteiger partial charge is 0.444 e. The lowest BCUT2D eigenvalue weighted by atomic mass is 10.2. The van der Waals surface area contributed by atoms with E-state index in [4.69, 9.17) is 9.47 Å². The molecule has 1 saturated heterocycles. The molecule has 30 heavy (non-hydrogen) atoms. The Kier molecular flexibility index (Phi) is 7.82. The molecule has 0 spiro atoms. The molecule has 1 aliphatic carbocycles. The molecule has 2 amide bonds. The van der Waals surface area contributed by atoms with Crippen molar-refractivity contribution in [2.24, 2.45) is 4.99 Å². The second-order valence-corrected chi connectivity index (χ2v) is 9.96. The van der Waals surface area contributed by atoms with Gasteiger partial charge < -0.3 is 29.9 Å². The number of nitrogens with one attached hydrogen (secondary N) is 2. The zero-order valence-electron chi connectivity index (χ0n) is 19.6. The van der Waals surface area contributed by atoms with Gasteiger partial charge in [0, 0.05) is 39.3 Å². The number of ether oxygens (including phenoxy) is 2. The van der Waals surface area contributed by atoms with Crippen LogP contribution in [0.5, 0.6) is 0 Å². The number of carbonyl (C=O) groups excluding carboxylic acids is 2. The van der Waals surface area contributed by atoms with Gasteiger partial charge in [-0.3, -0.25) is 4.99 Å². The summed E-state index contributed by atoms with van der Waals surface area (Å²) in [7, 11) is 1.74. The van der Waals surface area contributed by atoms with Gasteiger partial charge in [0.05, 0.1) is 6.04 Å². The van der Waals surface area contributed by atoms with E-state index < -0.39 is 17.3 Å². The molecule has 1 atom stereocenters. The topological polar surface area (TPSA) is 95.5 Å². The van der Waals surface area contributed by atoms with E-state index in [-0.39, 0.29) is 18.2 Å². The fourth-order valence-corrected chi connectivity index (χ4v) is 3.29. The predicted molar refractivity (Wildman–Crippen MR) is 117 cm³/mol. The third-order valence-corrected chi connectivity index (χ3v) is 4.67. The van der Waals surface area contributed by atoms with Crippen molar-refractivity contribution in [3.8, 4) is 0 Å². The SMILES string of the molecule is CN=C(NCCN(C(=O)OC(C)(C)C)C1CC1)N1CCC(NC(=O)OC(C)(C)C)C1. The van der Waals surface area contributed by atoms with Gasteiger partial charge in [0.2, 0.25) is 0 Å². The lowest BCUT2D eigenvalue weighted by Gasteiger charge is -2.28. The van der Waals surface area contributed by atoms with Crippen LogP contribution in [0.3, 0.4) is 0 Å². The minimum absolute atomic E-state index is 0.0168. The molecule has 9 heteroatoms. The zero-order valence-corrected chi connectivity index (χ0v) is 19.6. The standard InChI is InChI=1S/C21H39N5O4/c1-20(2,3)29-18(27)24-15-10-12-25(14-15)17(22-7)23-11-13-26(16-8-9-16)19(28)30-21(4,5)6/h15-16H,8-14H2,1-7H3,(H,22,23)(H,24,27). The van der Waals surface area contributed by atoms with E-state index in [2.05, 4.69) is 20.5 Å². The number of rotatable bonds is 5. The Balaban J connectivity index is 1.79. The fourth-order valence-electron chi connectivity index (χ4n) is 3.29. The average molecular weight is 426 g/mol. The number of amides is 2. The van der Waals surface area contributed by atoms with Crippen molar-refractivity contribution in [3.05, 3.63) is 0 Å². The number of likely N-dealkylation sites (tertiary alicyclic amines) is 1. The molecule has 2 fully saturated rings. The summed E-state index contributed by atoms with van der Waals surface area (Å²) in [5.41, 5.74) is -1.01. The van der Waals surface area contributed by atoms with Crippen LogP contribution in [-0.2, 0) is 9.47 Å². The minimum Gasteiger partial charge on any atom is -0.444 e. The molecule has 2 N–H and O–H groups in total. The normalized spacial score (nSPS) is 20.0. The van der Waals surface area contributed by atoms with Crippen molar-refractivity contribution >= 4 is 18.1 Å². The van der Waals surface area contributed by atoms with Crippen LogP contribution in [0.4, 0.5) is 9.59 Å². The first-order chi connectivity index (χ1) is 13.9. The summed E-state index contributed by atoms with van der Waals surface area (Å²) >= 11 is 0. The Labute approximate surface area is 180 Å². The number of hydrogen-bond donors (Lipinski definition) is 2. The van der Waals surface area contributed by atoms with Crippen molar-refractivity contribution in [3.63, 3.8) is 0 Å². The first-order valence-corrected chi connectivity index (χ1v) is 10.8. The van der Waals surface area contributed by atoms with Crippen LogP contribution in [0.1, 0.15) is 60.8 Å². The summed E-state index contributed by atoms with van der Waals surface area (Å²) in [6.45, 7) is 13.8. The zero-order chi connectivity index (χ0) is 22.5. The van der Waals surface area contributed by atoms with Gasteiger partial charge in [-0.15, -0.1) is 0 Å². The molecule has 0 aromatic carbocycles. The number of hydrogen-bond acceptors (Lipinski definition) is 5. The van der Waals surface area contributed by atoms with Gasteiger partial charge in [-0.05, 0) is 60.8 Å². The van der Waals surface area contributed by atoms with E-state index in [1.54, 1.807) is 7.05 Å². The third-order valence-electron chi connectivity index (χ3n) is 4.67. The molecule has 1 aliphatic heterocycles. The smallest absolute Gasteiger partial charge is 0.410 e. The molecule has 2 rings (SSSR count). The van der Waals surface area contributed by atoms with Gasteiger partial charge >= 0.3 is 12.2 Å². The lowest BCUT2D eigenvalue weighted by molar-refractivity contribution is 0.0237. The number of carbonyl (C=O) groups is 2. The van der Waals surface area contributed by atoms with Crippen molar-refractivity contribution in [1.29, 1.82) is 0 Å². The second kappa shape index (κ2) is 9.75. The van der Waals surface area contributed by atoms with Gasteiger partial charge in [-0.2, -0.15) is 0 Å². The molecular weight excluding hydrogens is 386 g/mol. The van der Waals surface area contributed by atoms with E-state index in [9.17, 15) is 9.59 Å². The first-order valence-electron chi connectivity index (χ1n) is 10.8. The maximum Gasteiger partial charge on any atom is 0.410 e. The van der Waals surface area contributed by atoms with Gasteiger partial charge in [-0.25, -0.2) is 9.59 Å². The molecular formula is C21H39N5O4. The highest BCUT2D eigenvalue weighted by Crippen LogP contribution is 2.28. The minimum atomic E-state index is -0.512. The van der Waals surface area contributed by atoms with E-state index in [1.807, 2.05) is 46.4 Å². The van der Waals surface area contributed by atoms with Crippen LogP contribution in [0.15, 0.2) is 4.99 Å². The monoisotopic (exact) mass is 425 g/mol. The average Bonchev–Trinajstić information content (AvgIpc) is 3.31. The van der Waals surface area contributed by atoms with Crippen molar-refractivity contribution in [2.45, 2.75) is 84.1 Å². The van der Waals surface area contributed by atoms with Gasteiger partial charge in [0.25, 0.3) is 0 Å². The quantitative estimate of drug-likeness (QED) is 0.519. The summed E-state index contributed by atoms with van der Waals surface area (Å²) < 4.78 is 10.9. The molecule has 1 unspecified atom stereocenters. The first kappa shape index (κ1) is 24.1. The molecule has 0 bridgehead atoms. The van der Waals surface area contributed by atoms with Crippen molar-refractivity contribution < 1.29 is 19.1 Å². The Hall–Kier alpha value is -2.19. The van der Waals surface area contributed by atoms with Crippen LogP contribution in [0.25, 0.3) is 0 Å². The molecule has 1 heterocycles. The number of alkyl carbamates (subject to hydrolysis) is 1. The number of nitrogens with zero attached hydrogens (tertiary/aromatic N) is 3. The molecule has 2 aliphatic rings. The summed E-state index contributed by atoms with van der Waals surface area (Å²) in [5.74, 6) is 0.767. The molecule has 0 radical (unpaired) electrons.